The van der Waals surface area contributed by atoms with Crippen LogP contribution in [0, 0.1) is 5.92 Å². The van der Waals surface area contributed by atoms with Crippen molar-refractivity contribution < 1.29 is 4.74 Å². The van der Waals surface area contributed by atoms with Gasteiger partial charge in [0.2, 0.25) is 0 Å². The molecule has 0 fully saturated rings. The van der Waals surface area contributed by atoms with Crippen LogP contribution in [0.3, 0.4) is 0 Å². The highest BCUT2D eigenvalue weighted by Gasteiger charge is 2.20. The van der Waals surface area contributed by atoms with E-state index in [-0.39, 0.29) is 0 Å². The normalized spacial score (nSPS) is 14.8. The molecule has 1 aliphatic heterocycles. The molecule has 3 heteroatoms. The van der Waals surface area contributed by atoms with Crippen molar-refractivity contribution >= 4 is 11.4 Å². The molecule has 0 saturated heterocycles. The summed E-state index contributed by atoms with van der Waals surface area (Å²) in [6.07, 6.45) is 1.19. The number of hydrogen-bond donors (Lipinski definition) is 1. The summed E-state index contributed by atoms with van der Waals surface area (Å²) in [6.45, 7) is 7.25. The van der Waals surface area contributed by atoms with Gasteiger partial charge in [0, 0.05) is 6.54 Å². The Morgan fingerprint density at radius 2 is 2.25 bits per heavy atom. The van der Waals surface area contributed by atoms with Gasteiger partial charge in [0.1, 0.15) is 18.0 Å². The third kappa shape index (κ3) is 2.23. The quantitative estimate of drug-likeness (QED) is 0.795. The Kier molecular flexibility index (Phi) is 3.22. The van der Waals surface area contributed by atoms with E-state index in [9.17, 15) is 0 Å². The Labute approximate surface area is 97.2 Å². The van der Waals surface area contributed by atoms with Crippen LogP contribution < -0.4 is 15.4 Å². The molecule has 0 bridgehead atoms. The summed E-state index contributed by atoms with van der Waals surface area (Å²) < 4.78 is 5.62. The van der Waals surface area contributed by atoms with Gasteiger partial charge in [0.15, 0.2) is 0 Å². The Bertz CT molecular complexity index is 363. The van der Waals surface area contributed by atoms with Gasteiger partial charge in [-0.25, -0.2) is 0 Å². The summed E-state index contributed by atoms with van der Waals surface area (Å²) in [5.41, 5.74) is 7.91. The first-order valence-electron chi connectivity index (χ1n) is 5.94. The number of rotatable bonds is 3. The lowest BCUT2D eigenvalue weighted by molar-refractivity contribution is 0.306. The van der Waals surface area contributed by atoms with Crippen molar-refractivity contribution in [1.29, 1.82) is 0 Å². The Morgan fingerprint density at radius 1 is 1.44 bits per heavy atom. The molecule has 1 aliphatic rings. The molecule has 2 rings (SSSR count). The predicted molar refractivity (Wildman–Crippen MR) is 68.0 cm³/mol. The van der Waals surface area contributed by atoms with Crippen molar-refractivity contribution in [3.8, 4) is 5.75 Å². The van der Waals surface area contributed by atoms with Gasteiger partial charge in [0.25, 0.3) is 0 Å². The van der Waals surface area contributed by atoms with Gasteiger partial charge in [-0.1, -0.05) is 19.9 Å². The third-order valence-electron chi connectivity index (χ3n) is 2.94. The molecule has 0 aliphatic carbocycles. The lowest BCUT2D eigenvalue weighted by Gasteiger charge is -2.32. The minimum Gasteiger partial charge on any atom is -0.489 e. The first-order chi connectivity index (χ1) is 7.68. The topological polar surface area (TPSA) is 38.5 Å². The molecule has 3 nitrogen and oxygen atoms in total. The van der Waals surface area contributed by atoms with Crippen LogP contribution in [0.1, 0.15) is 20.3 Å². The van der Waals surface area contributed by atoms with Gasteiger partial charge >= 0.3 is 0 Å². The van der Waals surface area contributed by atoms with Crippen molar-refractivity contribution in [3.63, 3.8) is 0 Å². The molecule has 0 unspecified atom stereocenters. The average molecular weight is 220 g/mol. The van der Waals surface area contributed by atoms with Crippen LogP contribution in [-0.4, -0.2) is 19.7 Å². The second-order valence-electron chi connectivity index (χ2n) is 4.71. The van der Waals surface area contributed by atoms with Crippen LogP contribution in [0.4, 0.5) is 11.4 Å². The number of fused-ring (bicyclic) bond motifs is 1. The molecule has 0 amide bonds. The smallest absolute Gasteiger partial charge is 0.144 e. The van der Waals surface area contributed by atoms with Crippen LogP contribution >= 0.6 is 0 Å². The highest BCUT2D eigenvalue weighted by atomic mass is 16.5. The highest BCUT2D eigenvalue weighted by molar-refractivity contribution is 5.75. The Hall–Kier alpha value is -1.38. The molecule has 2 N–H and O–H groups in total. The molecular weight excluding hydrogens is 200 g/mol. The maximum Gasteiger partial charge on any atom is 0.144 e. The summed E-state index contributed by atoms with van der Waals surface area (Å²) in [6, 6.07) is 5.88. The summed E-state index contributed by atoms with van der Waals surface area (Å²) in [4.78, 5) is 2.34. The number of ether oxygens (including phenoxy) is 1. The molecule has 1 aromatic rings. The van der Waals surface area contributed by atoms with Crippen molar-refractivity contribution in [2.45, 2.75) is 20.3 Å². The van der Waals surface area contributed by atoms with Gasteiger partial charge in [-0.2, -0.15) is 0 Å². The van der Waals surface area contributed by atoms with Crippen molar-refractivity contribution in [1.82, 2.24) is 0 Å². The summed E-state index contributed by atoms with van der Waals surface area (Å²) in [5.74, 6) is 1.64. The zero-order chi connectivity index (χ0) is 11.5. The summed E-state index contributed by atoms with van der Waals surface area (Å²) in [5, 5.41) is 0. The minimum absolute atomic E-state index is 0.719. The van der Waals surface area contributed by atoms with Crippen LogP contribution in [0.15, 0.2) is 18.2 Å². The lowest BCUT2D eigenvalue weighted by atomic mass is 10.1. The monoisotopic (exact) mass is 220 g/mol. The fourth-order valence-corrected chi connectivity index (χ4v) is 2.01. The number of para-hydroxylation sites is 1. The molecular formula is C13H20N2O. The highest BCUT2D eigenvalue weighted by Crippen LogP contribution is 2.36. The molecule has 0 atom stereocenters. The second kappa shape index (κ2) is 4.64. The van der Waals surface area contributed by atoms with Gasteiger partial charge in [0.05, 0.1) is 12.2 Å². The van der Waals surface area contributed by atoms with Crippen LogP contribution in [0.25, 0.3) is 0 Å². The van der Waals surface area contributed by atoms with E-state index in [4.69, 9.17) is 10.5 Å². The van der Waals surface area contributed by atoms with Gasteiger partial charge < -0.3 is 15.4 Å². The largest absolute Gasteiger partial charge is 0.489 e. The van der Waals surface area contributed by atoms with Crippen molar-refractivity contribution in [3.05, 3.63) is 18.2 Å². The molecule has 0 spiro atoms. The Balaban J connectivity index is 2.18. The molecule has 0 saturated carbocycles. The third-order valence-corrected chi connectivity index (χ3v) is 2.94. The zero-order valence-corrected chi connectivity index (χ0v) is 10.1. The number of hydrogen-bond acceptors (Lipinski definition) is 3. The van der Waals surface area contributed by atoms with E-state index in [0.717, 1.165) is 42.7 Å². The average Bonchev–Trinajstić information content (AvgIpc) is 2.26. The fraction of sp³-hybridized carbons (Fsp3) is 0.538. The van der Waals surface area contributed by atoms with Gasteiger partial charge in [-0.15, -0.1) is 0 Å². The molecule has 88 valence electrons. The summed E-state index contributed by atoms with van der Waals surface area (Å²) >= 11 is 0. The zero-order valence-electron chi connectivity index (χ0n) is 10.1. The first kappa shape index (κ1) is 11.1. The number of benzene rings is 1. The van der Waals surface area contributed by atoms with E-state index < -0.39 is 0 Å². The van der Waals surface area contributed by atoms with Gasteiger partial charge in [-0.05, 0) is 24.5 Å². The SMILES string of the molecule is CC(C)CCN1CCOc2cccc(N)c21. The van der Waals surface area contributed by atoms with Crippen LogP contribution in [-0.2, 0) is 0 Å². The maximum absolute atomic E-state index is 6.02. The Morgan fingerprint density at radius 3 is 3.00 bits per heavy atom. The van der Waals surface area contributed by atoms with E-state index in [1.54, 1.807) is 0 Å². The maximum atomic E-state index is 6.02. The number of nitrogens with two attached hydrogens (primary N) is 1. The van der Waals surface area contributed by atoms with Crippen LogP contribution in [0.2, 0.25) is 0 Å². The minimum atomic E-state index is 0.719. The van der Waals surface area contributed by atoms with E-state index >= 15 is 0 Å². The molecule has 1 aromatic carbocycles. The standard InChI is InChI=1S/C13H20N2O/c1-10(2)6-7-15-8-9-16-12-5-3-4-11(14)13(12)15/h3-5,10H,6-9,14H2,1-2H3. The number of anilines is 2. The van der Waals surface area contributed by atoms with Crippen molar-refractivity contribution in [2.24, 2.45) is 5.92 Å². The summed E-state index contributed by atoms with van der Waals surface area (Å²) in [7, 11) is 0. The van der Waals surface area contributed by atoms with E-state index in [1.165, 1.54) is 6.42 Å². The fourth-order valence-electron chi connectivity index (χ4n) is 2.01. The number of nitrogens with zero attached hydrogens (tertiary/aromatic N) is 1. The first-order valence-corrected chi connectivity index (χ1v) is 5.94. The molecule has 0 aromatic heterocycles. The van der Waals surface area contributed by atoms with E-state index in [1.807, 2.05) is 18.2 Å². The van der Waals surface area contributed by atoms with E-state index in [0.29, 0.717) is 0 Å². The van der Waals surface area contributed by atoms with Crippen molar-refractivity contribution in [2.75, 3.05) is 30.3 Å². The lowest BCUT2D eigenvalue weighted by Crippen LogP contribution is -2.34. The molecule has 0 radical (unpaired) electrons. The van der Waals surface area contributed by atoms with Crippen LogP contribution in [0.5, 0.6) is 5.75 Å². The van der Waals surface area contributed by atoms with E-state index in [2.05, 4.69) is 18.7 Å². The molecule has 16 heavy (non-hydrogen) atoms. The second-order valence-corrected chi connectivity index (χ2v) is 4.71. The molecule has 1 heterocycles. The van der Waals surface area contributed by atoms with Gasteiger partial charge in [-0.3, -0.25) is 0 Å². The predicted octanol–water partition coefficient (Wildman–Crippen LogP) is 2.51. The number of nitrogen functional groups attached to an aromatic ring is 1.